The average molecular weight is 456 g/mol. The molecular formula is C25H21FN6O2. The SMILES string of the molecule is COc1ccc(C2C(C(=O)Nc3ccccn3)=C(C)Nc3nc(-c4ccc(F)cc4)nn32)cc1. The molecule has 2 aromatic heterocycles. The van der Waals surface area contributed by atoms with E-state index in [0.29, 0.717) is 40.2 Å². The summed E-state index contributed by atoms with van der Waals surface area (Å²) < 4.78 is 20.4. The molecule has 2 aromatic carbocycles. The molecule has 0 aliphatic carbocycles. The summed E-state index contributed by atoms with van der Waals surface area (Å²) in [5.41, 5.74) is 2.60. The summed E-state index contributed by atoms with van der Waals surface area (Å²) in [6.45, 7) is 1.82. The molecule has 0 saturated carbocycles. The van der Waals surface area contributed by atoms with Crippen molar-refractivity contribution >= 4 is 17.7 Å². The Hall–Kier alpha value is -4.53. The van der Waals surface area contributed by atoms with Gasteiger partial charge in [0.1, 0.15) is 23.4 Å². The summed E-state index contributed by atoms with van der Waals surface area (Å²) in [4.78, 5) is 22.2. The molecule has 1 atom stereocenters. The quantitative estimate of drug-likeness (QED) is 0.462. The van der Waals surface area contributed by atoms with Crippen LogP contribution in [0.25, 0.3) is 11.4 Å². The van der Waals surface area contributed by atoms with E-state index in [1.54, 1.807) is 48.3 Å². The smallest absolute Gasteiger partial charge is 0.257 e. The average Bonchev–Trinajstić information content (AvgIpc) is 3.27. The van der Waals surface area contributed by atoms with Gasteiger partial charge in [0.15, 0.2) is 5.82 Å². The van der Waals surface area contributed by atoms with Crippen LogP contribution in [0, 0.1) is 5.82 Å². The van der Waals surface area contributed by atoms with E-state index in [1.807, 2.05) is 31.2 Å². The second-order valence-electron chi connectivity index (χ2n) is 7.72. The van der Waals surface area contributed by atoms with Crippen molar-refractivity contribution in [1.29, 1.82) is 0 Å². The fraction of sp³-hybridized carbons (Fsp3) is 0.120. The molecule has 0 saturated heterocycles. The topological polar surface area (TPSA) is 94.0 Å². The lowest BCUT2D eigenvalue weighted by Crippen LogP contribution is -2.31. The molecule has 0 fully saturated rings. The highest BCUT2D eigenvalue weighted by Crippen LogP contribution is 2.37. The predicted molar refractivity (Wildman–Crippen MR) is 126 cm³/mol. The van der Waals surface area contributed by atoms with Gasteiger partial charge in [0.25, 0.3) is 5.91 Å². The molecule has 3 heterocycles. The first-order valence-corrected chi connectivity index (χ1v) is 10.6. The molecule has 8 nitrogen and oxygen atoms in total. The predicted octanol–water partition coefficient (Wildman–Crippen LogP) is 4.42. The Labute approximate surface area is 195 Å². The van der Waals surface area contributed by atoms with Gasteiger partial charge in [-0.1, -0.05) is 18.2 Å². The molecule has 1 amide bonds. The molecule has 5 rings (SSSR count). The minimum absolute atomic E-state index is 0.311. The first-order valence-electron chi connectivity index (χ1n) is 10.6. The molecule has 1 aliphatic heterocycles. The Kier molecular flexibility index (Phi) is 5.51. The summed E-state index contributed by atoms with van der Waals surface area (Å²) in [6.07, 6.45) is 1.61. The number of hydrogen-bond acceptors (Lipinski definition) is 6. The Bertz CT molecular complexity index is 1370. The van der Waals surface area contributed by atoms with Crippen LogP contribution in [0.1, 0.15) is 18.5 Å². The summed E-state index contributed by atoms with van der Waals surface area (Å²) in [5.74, 6) is 1.38. The number of benzene rings is 2. The lowest BCUT2D eigenvalue weighted by Gasteiger charge is -2.28. The number of nitrogens with zero attached hydrogens (tertiary/aromatic N) is 4. The number of carbonyl (C=O) groups excluding carboxylic acids is 1. The van der Waals surface area contributed by atoms with Crippen LogP contribution in [0.15, 0.2) is 84.2 Å². The molecule has 170 valence electrons. The number of carbonyl (C=O) groups is 1. The van der Waals surface area contributed by atoms with Gasteiger partial charge in [-0.2, -0.15) is 4.98 Å². The van der Waals surface area contributed by atoms with E-state index >= 15 is 0 Å². The number of aromatic nitrogens is 4. The van der Waals surface area contributed by atoms with Gasteiger partial charge in [0.05, 0.1) is 12.7 Å². The zero-order valence-electron chi connectivity index (χ0n) is 18.5. The Morgan fingerprint density at radius 2 is 1.85 bits per heavy atom. The molecule has 1 aliphatic rings. The fourth-order valence-corrected chi connectivity index (χ4v) is 3.88. The third-order valence-electron chi connectivity index (χ3n) is 5.54. The third kappa shape index (κ3) is 3.99. The minimum atomic E-state index is -0.562. The lowest BCUT2D eigenvalue weighted by molar-refractivity contribution is -0.113. The maximum atomic E-state index is 13.4. The molecule has 1 unspecified atom stereocenters. The first kappa shape index (κ1) is 21.3. The number of rotatable bonds is 5. The molecule has 9 heteroatoms. The van der Waals surface area contributed by atoms with Crippen molar-refractivity contribution in [3.8, 4) is 17.1 Å². The Morgan fingerprint density at radius 1 is 1.09 bits per heavy atom. The number of allylic oxidation sites excluding steroid dienone is 1. The monoisotopic (exact) mass is 456 g/mol. The van der Waals surface area contributed by atoms with Gasteiger partial charge in [-0.25, -0.2) is 14.1 Å². The van der Waals surface area contributed by atoms with Crippen LogP contribution in [0.5, 0.6) is 5.75 Å². The summed E-state index contributed by atoms with van der Waals surface area (Å²) in [6, 6.07) is 18.1. The minimum Gasteiger partial charge on any atom is -0.497 e. The van der Waals surface area contributed by atoms with Crippen molar-refractivity contribution in [1.82, 2.24) is 19.7 Å². The van der Waals surface area contributed by atoms with Crippen LogP contribution in [-0.2, 0) is 4.79 Å². The molecular weight excluding hydrogens is 435 g/mol. The molecule has 2 N–H and O–H groups in total. The van der Waals surface area contributed by atoms with Gasteiger partial charge in [0, 0.05) is 17.5 Å². The van der Waals surface area contributed by atoms with E-state index in [1.165, 1.54) is 12.1 Å². The van der Waals surface area contributed by atoms with Crippen molar-refractivity contribution in [2.45, 2.75) is 13.0 Å². The summed E-state index contributed by atoms with van der Waals surface area (Å²) in [5, 5.41) is 10.7. The third-order valence-corrected chi connectivity index (χ3v) is 5.54. The highest BCUT2D eigenvalue weighted by atomic mass is 19.1. The van der Waals surface area contributed by atoms with E-state index < -0.39 is 6.04 Å². The highest BCUT2D eigenvalue weighted by Gasteiger charge is 2.34. The maximum absolute atomic E-state index is 13.4. The lowest BCUT2D eigenvalue weighted by atomic mass is 9.95. The largest absolute Gasteiger partial charge is 0.497 e. The van der Waals surface area contributed by atoms with Crippen LogP contribution in [0.4, 0.5) is 16.2 Å². The summed E-state index contributed by atoms with van der Waals surface area (Å²) >= 11 is 0. The summed E-state index contributed by atoms with van der Waals surface area (Å²) in [7, 11) is 1.60. The highest BCUT2D eigenvalue weighted by molar-refractivity contribution is 6.05. The number of ether oxygens (including phenoxy) is 1. The normalized spacial score (nSPS) is 14.9. The van der Waals surface area contributed by atoms with Crippen molar-refractivity contribution in [3.63, 3.8) is 0 Å². The molecule has 34 heavy (non-hydrogen) atoms. The zero-order valence-corrected chi connectivity index (χ0v) is 18.5. The number of methoxy groups -OCH3 is 1. The number of fused-ring (bicyclic) bond motifs is 1. The second kappa shape index (κ2) is 8.78. The fourth-order valence-electron chi connectivity index (χ4n) is 3.88. The van der Waals surface area contributed by atoms with Crippen molar-refractivity contribution < 1.29 is 13.9 Å². The maximum Gasteiger partial charge on any atom is 0.257 e. The number of amides is 1. The van der Waals surface area contributed by atoms with E-state index in [-0.39, 0.29) is 11.7 Å². The molecule has 0 bridgehead atoms. The number of anilines is 2. The van der Waals surface area contributed by atoms with E-state index in [4.69, 9.17) is 4.74 Å². The van der Waals surface area contributed by atoms with Gasteiger partial charge in [0.2, 0.25) is 5.95 Å². The first-order chi connectivity index (χ1) is 16.5. The molecule has 0 spiro atoms. The Balaban J connectivity index is 1.59. The van der Waals surface area contributed by atoms with Gasteiger partial charge in [-0.15, -0.1) is 5.10 Å². The number of hydrogen-bond donors (Lipinski definition) is 2. The van der Waals surface area contributed by atoms with E-state index in [0.717, 1.165) is 5.56 Å². The van der Waals surface area contributed by atoms with Gasteiger partial charge < -0.3 is 15.4 Å². The zero-order chi connectivity index (χ0) is 23.7. The standard InChI is InChI=1S/C25H21FN6O2/c1-15-21(24(33)29-20-5-3-4-14-27-20)22(16-8-12-19(34-2)13-9-16)32-25(28-15)30-23(31-32)17-6-10-18(26)11-7-17/h3-14,22H,1-2H3,(H,27,29,33)(H,28,30,31). The van der Waals surface area contributed by atoms with Crippen molar-refractivity contribution in [3.05, 3.63) is 95.6 Å². The molecule has 0 radical (unpaired) electrons. The van der Waals surface area contributed by atoms with Crippen molar-refractivity contribution in [2.24, 2.45) is 0 Å². The second-order valence-corrected chi connectivity index (χ2v) is 7.72. The van der Waals surface area contributed by atoms with Gasteiger partial charge in [-0.05, 0) is 61.0 Å². The number of halogens is 1. The van der Waals surface area contributed by atoms with Gasteiger partial charge >= 0.3 is 0 Å². The number of pyridine rings is 1. The van der Waals surface area contributed by atoms with E-state index in [2.05, 4.69) is 25.7 Å². The van der Waals surface area contributed by atoms with Crippen LogP contribution < -0.4 is 15.4 Å². The van der Waals surface area contributed by atoms with Crippen molar-refractivity contribution in [2.75, 3.05) is 17.7 Å². The molecule has 4 aromatic rings. The number of nitrogens with one attached hydrogen (secondary N) is 2. The van der Waals surface area contributed by atoms with Gasteiger partial charge in [-0.3, -0.25) is 4.79 Å². The van der Waals surface area contributed by atoms with Crippen LogP contribution in [0.2, 0.25) is 0 Å². The Morgan fingerprint density at radius 3 is 2.53 bits per heavy atom. The van der Waals surface area contributed by atoms with Crippen LogP contribution in [0.3, 0.4) is 0 Å². The van der Waals surface area contributed by atoms with E-state index in [9.17, 15) is 9.18 Å². The van der Waals surface area contributed by atoms with Crippen LogP contribution in [-0.4, -0.2) is 32.8 Å². The van der Waals surface area contributed by atoms with Crippen LogP contribution >= 0.6 is 0 Å².